The van der Waals surface area contributed by atoms with Gasteiger partial charge in [-0.15, -0.1) is 0 Å². The first-order valence-corrected chi connectivity index (χ1v) is 4.26. The molecule has 2 amide bonds. The minimum atomic E-state index is -0.537. The van der Waals surface area contributed by atoms with E-state index in [0.29, 0.717) is 5.01 Å². The first-order chi connectivity index (χ1) is 6.63. The standard InChI is InChI=1S/C8H8N2O2.C2H6/c1-3-5-6(4-2)8(12)10(9)7(5)11;1-2/h3-4H,1-2,9H2;1-2H3. The van der Waals surface area contributed by atoms with Crippen LogP contribution < -0.4 is 5.84 Å². The van der Waals surface area contributed by atoms with Crippen LogP contribution in [0.15, 0.2) is 36.5 Å². The van der Waals surface area contributed by atoms with Crippen LogP contribution in [0.2, 0.25) is 0 Å². The Hall–Kier alpha value is -1.68. The molecule has 0 unspecified atom stereocenters. The van der Waals surface area contributed by atoms with Gasteiger partial charge in [-0.1, -0.05) is 39.2 Å². The van der Waals surface area contributed by atoms with Crippen LogP contribution in [0.4, 0.5) is 0 Å². The average Bonchev–Trinajstić information content (AvgIpc) is 2.44. The van der Waals surface area contributed by atoms with Gasteiger partial charge >= 0.3 is 0 Å². The quantitative estimate of drug-likeness (QED) is 0.404. The van der Waals surface area contributed by atoms with Crippen LogP contribution >= 0.6 is 0 Å². The molecule has 0 saturated heterocycles. The molecule has 14 heavy (non-hydrogen) atoms. The molecule has 1 rings (SSSR count). The van der Waals surface area contributed by atoms with Crippen molar-refractivity contribution in [2.75, 3.05) is 0 Å². The summed E-state index contributed by atoms with van der Waals surface area (Å²) in [6.07, 6.45) is 2.59. The molecule has 1 heterocycles. The zero-order chi connectivity index (χ0) is 11.3. The highest BCUT2D eigenvalue weighted by Gasteiger charge is 2.32. The summed E-state index contributed by atoms with van der Waals surface area (Å²) in [5, 5.41) is 0.550. The van der Waals surface area contributed by atoms with E-state index in [1.165, 1.54) is 12.2 Å². The van der Waals surface area contributed by atoms with E-state index in [4.69, 9.17) is 5.84 Å². The minimum absolute atomic E-state index is 0.206. The van der Waals surface area contributed by atoms with Crippen LogP contribution in [-0.2, 0) is 9.59 Å². The third-order valence-corrected chi connectivity index (χ3v) is 1.60. The molecule has 0 aromatic rings. The summed E-state index contributed by atoms with van der Waals surface area (Å²) >= 11 is 0. The summed E-state index contributed by atoms with van der Waals surface area (Å²) < 4.78 is 0. The SMILES string of the molecule is C=CC1=C(C=C)C(=O)N(N)C1=O.CC. The Balaban J connectivity index is 0.000000791. The summed E-state index contributed by atoms with van der Waals surface area (Å²) in [6, 6.07) is 0. The fraction of sp³-hybridized carbons (Fsp3) is 0.200. The van der Waals surface area contributed by atoms with Gasteiger partial charge in [0.2, 0.25) is 0 Å². The Bertz CT molecular complexity index is 286. The van der Waals surface area contributed by atoms with Crippen molar-refractivity contribution in [3.63, 3.8) is 0 Å². The smallest absolute Gasteiger partial charge is 0.267 e. The van der Waals surface area contributed by atoms with E-state index in [-0.39, 0.29) is 11.1 Å². The molecule has 0 atom stereocenters. The summed E-state index contributed by atoms with van der Waals surface area (Å²) in [7, 11) is 0. The number of nitrogens with two attached hydrogens (primary N) is 1. The highest BCUT2D eigenvalue weighted by atomic mass is 16.2. The second-order valence-corrected chi connectivity index (χ2v) is 2.22. The Labute approximate surface area is 83.3 Å². The molecule has 0 fully saturated rings. The molecule has 0 radical (unpaired) electrons. The van der Waals surface area contributed by atoms with Crippen molar-refractivity contribution in [1.29, 1.82) is 0 Å². The predicted octanol–water partition coefficient (Wildman–Crippen LogP) is 0.924. The monoisotopic (exact) mass is 194 g/mol. The van der Waals surface area contributed by atoms with Crippen LogP contribution in [-0.4, -0.2) is 16.8 Å². The van der Waals surface area contributed by atoms with Crippen molar-refractivity contribution in [3.8, 4) is 0 Å². The molecular weight excluding hydrogens is 180 g/mol. The zero-order valence-corrected chi connectivity index (χ0v) is 8.41. The molecule has 0 aliphatic carbocycles. The lowest BCUT2D eigenvalue weighted by Crippen LogP contribution is -2.37. The normalized spacial score (nSPS) is 15.2. The Morgan fingerprint density at radius 3 is 1.57 bits per heavy atom. The Kier molecular flexibility index (Phi) is 4.52. The topological polar surface area (TPSA) is 63.4 Å². The van der Waals surface area contributed by atoms with E-state index < -0.39 is 11.8 Å². The first kappa shape index (κ1) is 12.3. The number of hydrogen-bond acceptors (Lipinski definition) is 3. The molecule has 1 aliphatic heterocycles. The number of rotatable bonds is 2. The lowest BCUT2D eigenvalue weighted by Gasteiger charge is -2.03. The Morgan fingerprint density at radius 2 is 1.36 bits per heavy atom. The van der Waals surface area contributed by atoms with Crippen molar-refractivity contribution >= 4 is 11.8 Å². The lowest BCUT2D eigenvalue weighted by molar-refractivity contribution is -0.137. The molecular formula is C10H14N2O2. The molecule has 4 heteroatoms. The molecule has 76 valence electrons. The van der Waals surface area contributed by atoms with Gasteiger partial charge in [0.05, 0.1) is 11.1 Å². The largest absolute Gasteiger partial charge is 0.275 e. The minimum Gasteiger partial charge on any atom is -0.267 e. The maximum atomic E-state index is 11.1. The number of nitrogens with zero attached hydrogens (tertiary/aromatic N) is 1. The second kappa shape index (κ2) is 5.14. The number of carbonyl (C=O) groups excluding carboxylic acids is 2. The number of hydrogen-bond donors (Lipinski definition) is 1. The summed E-state index contributed by atoms with van der Waals surface area (Å²) in [6.45, 7) is 10.8. The fourth-order valence-electron chi connectivity index (χ4n) is 0.977. The van der Waals surface area contributed by atoms with Gasteiger partial charge < -0.3 is 0 Å². The maximum Gasteiger partial charge on any atom is 0.275 e. The van der Waals surface area contributed by atoms with Crippen molar-refractivity contribution in [2.24, 2.45) is 5.84 Å². The van der Waals surface area contributed by atoms with E-state index in [0.717, 1.165) is 0 Å². The number of amides is 2. The van der Waals surface area contributed by atoms with Gasteiger partial charge in [-0.2, -0.15) is 0 Å². The van der Waals surface area contributed by atoms with Gasteiger partial charge in [0.25, 0.3) is 11.8 Å². The molecule has 1 aliphatic rings. The third kappa shape index (κ3) is 1.80. The maximum absolute atomic E-state index is 11.1. The van der Waals surface area contributed by atoms with Crippen LogP contribution in [0, 0.1) is 0 Å². The van der Waals surface area contributed by atoms with Crippen molar-refractivity contribution in [3.05, 3.63) is 36.5 Å². The zero-order valence-electron chi connectivity index (χ0n) is 8.41. The van der Waals surface area contributed by atoms with E-state index in [9.17, 15) is 9.59 Å². The summed E-state index contributed by atoms with van der Waals surface area (Å²) in [5.74, 6) is 4.08. The van der Waals surface area contributed by atoms with Crippen molar-refractivity contribution in [1.82, 2.24) is 5.01 Å². The average molecular weight is 194 g/mol. The molecule has 0 spiro atoms. The fourth-order valence-corrected chi connectivity index (χ4v) is 0.977. The van der Waals surface area contributed by atoms with E-state index in [1.807, 2.05) is 13.8 Å². The number of hydrazine groups is 1. The van der Waals surface area contributed by atoms with Gasteiger partial charge in [0.1, 0.15) is 0 Å². The van der Waals surface area contributed by atoms with Gasteiger partial charge in [0, 0.05) is 0 Å². The first-order valence-electron chi connectivity index (χ1n) is 4.26. The van der Waals surface area contributed by atoms with Crippen LogP contribution in [0.5, 0.6) is 0 Å². The van der Waals surface area contributed by atoms with Crippen LogP contribution in [0.1, 0.15) is 13.8 Å². The molecule has 0 aromatic heterocycles. The van der Waals surface area contributed by atoms with Gasteiger partial charge in [0.15, 0.2) is 0 Å². The van der Waals surface area contributed by atoms with E-state index in [2.05, 4.69) is 13.2 Å². The molecule has 0 saturated carbocycles. The predicted molar refractivity (Wildman–Crippen MR) is 54.8 cm³/mol. The van der Waals surface area contributed by atoms with E-state index in [1.54, 1.807) is 0 Å². The van der Waals surface area contributed by atoms with Crippen LogP contribution in [0.3, 0.4) is 0 Å². The highest BCUT2D eigenvalue weighted by Crippen LogP contribution is 2.18. The second-order valence-electron chi connectivity index (χ2n) is 2.22. The van der Waals surface area contributed by atoms with E-state index >= 15 is 0 Å². The van der Waals surface area contributed by atoms with Gasteiger partial charge in [-0.05, 0) is 0 Å². The van der Waals surface area contributed by atoms with Crippen molar-refractivity contribution in [2.45, 2.75) is 13.8 Å². The summed E-state index contributed by atoms with van der Waals surface area (Å²) in [4.78, 5) is 22.2. The molecule has 2 N–H and O–H groups in total. The Morgan fingerprint density at radius 1 is 1.07 bits per heavy atom. The van der Waals surface area contributed by atoms with Crippen LogP contribution in [0.25, 0.3) is 0 Å². The van der Waals surface area contributed by atoms with Gasteiger partial charge in [-0.3, -0.25) is 9.59 Å². The highest BCUT2D eigenvalue weighted by molar-refractivity contribution is 6.21. The number of carbonyl (C=O) groups is 2. The van der Waals surface area contributed by atoms with Crippen molar-refractivity contribution < 1.29 is 9.59 Å². The molecule has 0 bridgehead atoms. The molecule has 4 nitrogen and oxygen atoms in total. The summed E-state index contributed by atoms with van der Waals surface area (Å²) in [5.41, 5.74) is 0.412. The van der Waals surface area contributed by atoms with Gasteiger partial charge in [-0.25, -0.2) is 10.9 Å². The number of imide groups is 1. The third-order valence-electron chi connectivity index (χ3n) is 1.60. The lowest BCUT2D eigenvalue weighted by atomic mass is 10.1. The molecule has 0 aromatic carbocycles.